The second-order valence-corrected chi connectivity index (χ2v) is 14.6. The van der Waals surface area contributed by atoms with Gasteiger partial charge in [-0.3, -0.25) is 0 Å². The van der Waals surface area contributed by atoms with Crippen LogP contribution in [0.25, 0.3) is 0 Å². The van der Waals surface area contributed by atoms with Crippen LogP contribution in [0.1, 0.15) is 6.42 Å². The summed E-state index contributed by atoms with van der Waals surface area (Å²) in [5.74, 6) is 0. The zero-order valence-electron chi connectivity index (χ0n) is 5.60. The van der Waals surface area contributed by atoms with E-state index in [1.54, 1.807) is 7.11 Å². The molecule has 0 aromatic heterocycles. The maximum atomic E-state index is 5.97. The molecule has 0 amide bonds. The van der Waals surface area contributed by atoms with Crippen LogP contribution >= 0.6 is 17.0 Å². The van der Waals surface area contributed by atoms with E-state index in [9.17, 15) is 0 Å². The van der Waals surface area contributed by atoms with E-state index in [4.69, 9.17) is 19.8 Å². The van der Waals surface area contributed by atoms with Gasteiger partial charge in [-0.15, -0.1) is 0 Å². The molecule has 56 valence electrons. The van der Waals surface area contributed by atoms with Crippen LogP contribution in [0.2, 0.25) is 0 Å². The Morgan fingerprint density at radius 1 is 1.60 bits per heavy atom. The van der Waals surface area contributed by atoms with Gasteiger partial charge in [0.1, 0.15) is 0 Å². The third-order valence-electron chi connectivity index (χ3n) is 1.40. The van der Waals surface area contributed by atoms with Crippen LogP contribution in [-0.2, 0) is 21.1 Å². The minimum atomic E-state index is -3.20. The summed E-state index contributed by atoms with van der Waals surface area (Å²) in [4.78, 5) is 0. The number of allylic oxidation sites excluding steroid dienone is 4. The summed E-state index contributed by atoms with van der Waals surface area (Å²) < 4.78 is 6.15. The van der Waals surface area contributed by atoms with Gasteiger partial charge in [-0.2, -0.15) is 0 Å². The van der Waals surface area contributed by atoms with Crippen molar-refractivity contribution in [2.75, 3.05) is 7.11 Å². The third-order valence-corrected chi connectivity index (χ3v) is 10.1. The number of halogens is 2. The Balaban J connectivity index is 2.65. The standard InChI is InChI=1S/C5H5.CH3O.2ClH.Zr/c1-2-4-5-3-1;1-2;;;/h1-3H,4H2;1H3;2*1H;/q;-1;;;+3/p-2. The quantitative estimate of drug-likeness (QED) is 0.740. The number of rotatable bonds is 2. The number of hydrogen-bond acceptors (Lipinski definition) is 1. The van der Waals surface area contributed by atoms with Crippen molar-refractivity contribution in [2.45, 2.75) is 6.42 Å². The van der Waals surface area contributed by atoms with E-state index in [1.807, 2.05) is 18.2 Å². The molecule has 0 unspecified atom stereocenters. The molecule has 0 fully saturated rings. The predicted octanol–water partition coefficient (Wildman–Crippen LogP) is 2.85. The molecule has 0 bridgehead atoms. The first kappa shape index (κ1) is 8.99. The summed E-state index contributed by atoms with van der Waals surface area (Å²) in [6.45, 7) is 0. The monoisotopic (exact) mass is 256 g/mol. The van der Waals surface area contributed by atoms with E-state index >= 15 is 0 Å². The molecule has 0 spiro atoms. The van der Waals surface area contributed by atoms with E-state index in [0.717, 1.165) is 9.70 Å². The van der Waals surface area contributed by atoms with E-state index < -0.39 is 18.3 Å². The fourth-order valence-corrected chi connectivity index (χ4v) is 4.68. The Bertz CT molecular complexity index is 186. The minimum absolute atomic E-state index is 0.872. The SMILES string of the molecule is C[O][Zr]([Cl])([Cl])[C]1=CC=CC1. The Hall–Kier alpha value is 0.903. The first-order valence-electron chi connectivity index (χ1n) is 2.96. The second kappa shape index (κ2) is 3.53. The first-order chi connectivity index (χ1) is 4.67. The fourth-order valence-electron chi connectivity index (χ4n) is 0.794. The van der Waals surface area contributed by atoms with Crippen molar-refractivity contribution in [3.63, 3.8) is 0 Å². The van der Waals surface area contributed by atoms with Crippen LogP contribution in [0.3, 0.4) is 0 Å². The van der Waals surface area contributed by atoms with Crippen LogP contribution < -0.4 is 0 Å². The average Bonchev–Trinajstić information content (AvgIpc) is 2.38. The maximum absolute atomic E-state index is 5.97. The molecular weight excluding hydrogens is 250 g/mol. The van der Waals surface area contributed by atoms with Gasteiger partial charge in [-0.05, 0) is 0 Å². The molecule has 0 aliphatic heterocycles. The molecule has 0 N–H and O–H groups in total. The molecule has 1 rings (SSSR count). The van der Waals surface area contributed by atoms with Crippen LogP contribution in [0.15, 0.2) is 21.5 Å². The van der Waals surface area contributed by atoms with Crippen molar-refractivity contribution in [2.24, 2.45) is 0 Å². The van der Waals surface area contributed by atoms with Crippen molar-refractivity contribution in [3.8, 4) is 0 Å². The topological polar surface area (TPSA) is 9.23 Å². The average molecular weight is 258 g/mol. The van der Waals surface area contributed by atoms with Crippen molar-refractivity contribution in [3.05, 3.63) is 21.5 Å². The van der Waals surface area contributed by atoms with Gasteiger partial charge in [-0.1, -0.05) is 0 Å². The molecule has 0 aromatic carbocycles. The molecule has 0 heterocycles. The van der Waals surface area contributed by atoms with Gasteiger partial charge < -0.3 is 0 Å². The van der Waals surface area contributed by atoms with E-state index in [2.05, 4.69) is 0 Å². The normalized spacial score (nSPS) is 17.7. The molecule has 0 saturated carbocycles. The molecule has 1 aliphatic carbocycles. The van der Waals surface area contributed by atoms with Gasteiger partial charge in [0.25, 0.3) is 0 Å². The van der Waals surface area contributed by atoms with Crippen molar-refractivity contribution in [1.29, 1.82) is 0 Å². The Labute approximate surface area is 72.8 Å². The van der Waals surface area contributed by atoms with E-state index in [1.165, 1.54) is 0 Å². The summed E-state index contributed by atoms with van der Waals surface area (Å²) in [6, 6.07) is 0. The predicted molar refractivity (Wildman–Crippen MR) is 40.6 cm³/mol. The van der Waals surface area contributed by atoms with Crippen LogP contribution in [0, 0.1) is 0 Å². The molecular formula is C6H8Cl2OZr. The first-order valence-corrected chi connectivity index (χ1v) is 11.5. The molecule has 0 aromatic rings. The van der Waals surface area contributed by atoms with Gasteiger partial charge in [0.15, 0.2) is 0 Å². The van der Waals surface area contributed by atoms with Crippen LogP contribution in [0.5, 0.6) is 0 Å². The molecule has 0 atom stereocenters. The van der Waals surface area contributed by atoms with Crippen molar-refractivity contribution < 1.29 is 21.1 Å². The fraction of sp³-hybridized carbons (Fsp3) is 0.333. The molecule has 4 heteroatoms. The number of hydrogen-bond donors (Lipinski definition) is 0. The Kier molecular flexibility index (Phi) is 3.18. The summed E-state index contributed by atoms with van der Waals surface area (Å²) in [5.41, 5.74) is 0. The van der Waals surface area contributed by atoms with Crippen molar-refractivity contribution in [1.82, 2.24) is 0 Å². The Morgan fingerprint density at radius 3 is 2.70 bits per heavy atom. The van der Waals surface area contributed by atoms with Gasteiger partial charge in [-0.25, -0.2) is 0 Å². The molecule has 0 radical (unpaired) electrons. The van der Waals surface area contributed by atoms with E-state index in [-0.39, 0.29) is 0 Å². The van der Waals surface area contributed by atoms with Crippen LogP contribution in [0.4, 0.5) is 0 Å². The third kappa shape index (κ3) is 1.95. The molecule has 1 nitrogen and oxygen atoms in total. The zero-order valence-corrected chi connectivity index (χ0v) is 9.57. The summed E-state index contributed by atoms with van der Waals surface area (Å²) in [6.07, 6.45) is 6.83. The molecule has 0 saturated heterocycles. The second-order valence-electron chi connectivity index (χ2n) is 2.05. The summed E-state index contributed by atoms with van der Waals surface area (Å²) in [7, 11) is 13.5. The summed E-state index contributed by atoms with van der Waals surface area (Å²) in [5, 5.41) is 0. The molecule has 1 aliphatic rings. The van der Waals surface area contributed by atoms with Gasteiger partial charge in [0.2, 0.25) is 0 Å². The Morgan fingerprint density at radius 2 is 2.30 bits per heavy atom. The van der Waals surface area contributed by atoms with E-state index in [0.29, 0.717) is 0 Å². The molecule has 10 heavy (non-hydrogen) atoms. The zero-order chi connectivity index (χ0) is 7.61. The van der Waals surface area contributed by atoms with Gasteiger partial charge in [0.05, 0.1) is 0 Å². The summed E-state index contributed by atoms with van der Waals surface area (Å²) >= 11 is -3.20. The van der Waals surface area contributed by atoms with Crippen molar-refractivity contribution >= 4 is 17.0 Å². The van der Waals surface area contributed by atoms with Gasteiger partial charge >= 0.3 is 73.2 Å². The van der Waals surface area contributed by atoms with Crippen LogP contribution in [-0.4, -0.2) is 7.11 Å². The van der Waals surface area contributed by atoms with Gasteiger partial charge in [0, 0.05) is 0 Å².